The molecular weight excluding hydrogens is 260 g/mol. The molecule has 0 aromatic rings. The van der Waals surface area contributed by atoms with E-state index in [1.165, 1.54) is 6.92 Å². The van der Waals surface area contributed by atoms with Crippen LogP contribution in [0.5, 0.6) is 0 Å². The van der Waals surface area contributed by atoms with Gasteiger partial charge in [-0.25, -0.2) is 4.79 Å². The molecule has 8 heteroatoms. The first kappa shape index (κ1) is 15.0. The number of carbonyl (C=O) groups is 3. The van der Waals surface area contributed by atoms with Crippen LogP contribution < -0.4 is 0 Å². The second-order valence-corrected chi connectivity index (χ2v) is 4.01. The topological polar surface area (TPSA) is 130 Å². The average molecular weight is 274 g/mol. The Morgan fingerprint density at radius 2 is 2.00 bits per heavy atom. The van der Waals surface area contributed by atoms with E-state index >= 15 is 0 Å². The van der Waals surface area contributed by atoms with Gasteiger partial charge in [0, 0.05) is 6.42 Å². The predicted molar refractivity (Wildman–Crippen MR) is 59.0 cm³/mol. The van der Waals surface area contributed by atoms with Crippen LogP contribution in [-0.2, 0) is 23.9 Å². The van der Waals surface area contributed by atoms with E-state index < -0.39 is 42.3 Å². The van der Waals surface area contributed by atoms with E-state index in [2.05, 4.69) is 9.47 Å². The Labute approximate surface area is 108 Å². The number of hydrogen-bond acceptors (Lipinski definition) is 8. The molecule has 0 fully saturated rings. The summed E-state index contributed by atoms with van der Waals surface area (Å²) in [5.74, 6) is -3.83. The van der Waals surface area contributed by atoms with E-state index in [0.717, 1.165) is 0 Å². The normalized spacial score (nSPS) is 20.1. The molecule has 0 aromatic heterocycles. The average Bonchev–Trinajstić information content (AvgIpc) is 2.61. The number of rotatable bonds is 6. The first-order valence-electron chi connectivity index (χ1n) is 5.49. The zero-order valence-electron chi connectivity index (χ0n) is 10.2. The first-order valence-corrected chi connectivity index (χ1v) is 5.49. The molecule has 0 aromatic carbocycles. The van der Waals surface area contributed by atoms with Gasteiger partial charge in [0.25, 0.3) is 0 Å². The van der Waals surface area contributed by atoms with Gasteiger partial charge >= 0.3 is 11.9 Å². The van der Waals surface area contributed by atoms with Crippen molar-refractivity contribution >= 4 is 17.7 Å². The monoisotopic (exact) mass is 274 g/mol. The van der Waals surface area contributed by atoms with E-state index in [9.17, 15) is 24.6 Å². The van der Waals surface area contributed by atoms with E-state index in [-0.39, 0.29) is 18.6 Å². The van der Waals surface area contributed by atoms with Crippen LogP contribution in [0.3, 0.4) is 0 Å². The number of aliphatic hydroxyl groups excluding tert-OH is 3. The molecule has 0 radical (unpaired) electrons. The van der Waals surface area contributed by atoms with E-state index in [1.54, 1.807) is 0 Å². The Bertz CT molecular complexity index is 424. The second kappa shape index (κ2) is 6.19. The van der Waals surface area contributed by atoms with Crippen molar-refractivity contribution in [3.63, 3.8) is 0 Å². The number of aliphatic hydroxyl groups is 3. The molecule has 0 bridgehead atoms. The molecule has 0 amide bonds. The first-order chi connectivity index (χ1) is 8.82. The molecule has 1 aliphatic heterocycles. The third-order valence-electron chi connectivity index (χ3n) is 2.39. The maximum absolute atomic E-state index is 11.2. The molecule has 1 aliphatic rings. The van der Waals surface area contributed by atoms with Crippen LogP contribution in [0.25, 0.3) is 0 Å². The minimum absolute atomic E-state index is 0.0271. The fourth-order valence-electron chi connectivity index (χ4n) is 1.34. The number of esters is 2. The lowest BCUT2D eigenvalue weighted by Crippen LogP contribution is -2.33. The molecule has 19 heavy (non-hydrogen) atoms. The second-order valence-electron chi connectivity index (χ2n) is 4.01. The summed E-state index contributed by atoms with van der Waals surface area (Å²) in [6, 6.07) is 0. The molecule has 3 N–H and O–H groups in total. The van der Waals surface area contributed by atoms with Gasteiger partial charge in [0.15, 0.2) is 11.9 Å². The molecule has 8 nitrogen and oxygen atoms in total. The number of carbonyl (C=O) groups excluding carboxylic acids is 3. The molecule has 0 saturated heterocycles. The summed E-state index contributed by atoms with van der Waals surface area (Å²) in [5.41, 5.74) is 0. The molecule has 0 aliphatic carbocycles. The Kier molecular flexibility index (Phi) is 4.87. The van der Waals surface area contributed by atoms with Crippen molar-refractivity contribution in [3.8, 4) is 0 Å². The maximum Gasteiger partial charge on any atom is 0.377 e. The van der Waals surface area contributed by atoms with Gasteiger partial charge in [-0.3, -0.25) is 4.79 Å². The van der Waals surface area contributed by atoms with Crippen LogP contribution in [-0.4, -0.2) is 51.9 Å². The molecule has 2 atom stereocenters. The van der Waals surface area contributed by atoms with E-state index in [1.807, 2.05) is 0 Å². The van der Waals surface area contributed by atoms with E-state index in [4.69, 9.17) is 5.11 Å². The van der Waals surface area contributed by atoms with Gasteiger partial charge in [-0.05, 0) is 6.92 Å². The Morgan fingerprint density at radius 3 is 2.47 bits per heavy atom. The molecule has 1 heterocycles. The summed E-state index contributed by atoms with van der Waals surface area (Å²) in [6.45, 7) is 0.789. The van der Waals surface area contributed by atoms with Gasteiger partial charge in [-0.1, -0.05) is 0 Å². The van der Waals surface area contributed by atoms with Crippen molar-refractivity contribution in [2.24, 2.45) is 0 Å². The molecule has 0 spiro atoms. The van der Waals surface area contributed by atoms with Crippen LogP contribution in [0, 0.1) is 0 Å². The summed E-state index contributed by atoms with van der Waals surface area (Å²) in [6.07, 6.45) is -3.07. The van der Waals surface area contributed by atoms with Crippen LogP contribution in [0.2, 0.25) is 0 Å². The molecule has 0 saturated carbocycles. The lowest BCUT2D eigenvalue weighted by molar-refractivity contribution is -0.155. The minimum Gasteiger partial charge on any atom is -0.505 e. The zero-order valence-corrected chi connectivity index (χ0v) is 10.2. The summed E-state index contributed by atoms with van der Waals surface area (Å²) in [7, 11) is 0. The highest BCUT2D eigenvalue weighted by atomic mass is 16.6. The van der Waals surface area contributed by atoms with Crippen molar-refractivity contribution in [3.05, 3.63) is 11.5 Å². The van der Waals surface area contributed by atoms with Crippen molar-refractivity contribution in [1.82, 2.24) is 0 Å². The Hall–Kier alpha value is -2.09. The largest absolute Gasteiger partial charge is 0.505 e. The third kappa shape index (κ3) is 3.95. The smallest absolute Gasteiger partial charge is 0.377 e. The SMILES string of the molecule is CC(=O)CCC(=O)OC[C@H](O)[C@H]1OC(=O)C(O)=C1O. The summed E-state index contributed by atoms with van der Waals surface area (Å²) in [4.78, 5) is 32.7. The number of ketones is 1. The highest BCUT2D eigenvalue weighted by Crippen LogP contribution is 2.21. The van der Waals surface area contributed by atoms with Crippen molar-refractivity contribution < 1.29 is 39.2 Å². The quantitative estimate of drug-likeness (QED) is 0.553. The number of cyclic esters (lactones) is 1. The van der Waals surface area contributed by atoms with E-state index in [0.29, 0.717) is 0 Å². The lowest BCUT2D eigenvalue weighted by Gasteiger charge is -2.16. The van der Waals surface area contributed by atoms with Crippen molar-refractivity contribution in [2.75, 3.05) is 6.61 Å². The van der Waals surface area contributed by atoms with Gasteiger partial charge in [0.2, 0.25) is 5.76 Å². The Morgan fingerprint density at radius 1 is 1.37 bits per heavy atom. The fraction of sp³-hybridized carbons (Fsp3) is 0.545. The van der Waals surface area contributed by atoms with Crippen LogP contribution in [0.15, 0.2) is 11.5 Å². The zero-order chi connectivity index (χ0) is 14.6. The van der Waals surface area contributed by atoms with Crippen LogP contribution in [0.4, 0.5) is 0 Å². The van der Waals surface area contributed by atoms with Gasteiger partial charge in [-0.2, -0.15) is 0 Å². The van der Waals surface area contributed by atoms with Crippen molar-refractivity contribution in [1.29, 1.82) is 0 Å². The molecule has 1 rings (SSSR count). The number of Topliss-reactive ketones (excluding diaryl/α,β-unsaturated/α-hetero) is 1. The summed E-state index contributed by atoms with van der Waals surface area (Å²) >= 11 is 0. The third-order valence-corrected chi connectivity index (χ3v) is 2.39. The maximum atomic E-state index is 11.2. The summed E-state index contributed by atoms with van der Waals surface area (Å²) < 4.78 is 9.11. The standard InChI is InChI=1S/C11H14O8/c1-5(12)2-3-7(14)18-4-6(13)10-8(15)9(16)11(17)19-10/h6,10,13,15-16H,2-4H2,1H3/t6-,10+/m0/s1. The summed E-state index contributed by atoms with van der Waals surface area (Å²) in [5, 5.41) is 27.8. The highest BCUT2D eigenvalue weighted by molar-refractivity contribution is 5.89. The molecular formula is C11H14O8. The van der Waals surface area contributed by atoms with Gasteiger partial charge < -0.3 is 29.6 Å². The highest BCUT2D eigenvalue weighted by Gasteiger charge is 2.39. The van der Waals surface area contributed by atoms with Crippen LogP contribution >= 0.6 is 0 Å². The van der Waals surface area contributed by atoms with Crippen LogP contribution in [0.1, 0.15) is 19.8 Å². The predicted octanol–water partition coefficient (Wildman–Crippen LogP) is -0.487. The van der Waals surface area contributed by atoms with Crippen molar-refractivity contribution in [2.45, 2.75) is 32.0 Å². The Balaban J connectivity index is 2.40. The minimum atomic E-state index is -1.50. The van der Waals surface area contributed by atoms with Gasteiger partial charge in [-0.15, -0.1) is 0 Å². The number of ether oxygens (including phenoxy) is 2. The number of hydrogen-bond donors (Lipinski definition) is 3. The fourth-order valence-corrected chi connectivity index (χ4v) is 1.34. The molecule has 0 unspecified atom stereocenters. The van der Waals surface area contributed by atoms with Gasteiger partial charge in [0.05, 0.1) is 6.42 Å². The lowest BCUT2D eigenvalue weighted by atomic mass is 10.2. The molecule has 106 valence electrons. The van der Waals surface area contributed by atoms with Gasteiger partial charge in [0.1, 0.15) is 18.5 Å².